The summed E-state index contributed by atoms with van der Waals surface area (Å²) >= 11 is 0. The van der Waals surface area contributed by atoms with Crippen LogP contribution in [0.2, 0.25) is 0 Å². The molecule has 0 amide bonds. The number of hydrogen-bond donors (Lipinski definition) is 2. The molecule has 1 saturated carbocycles. The maximum Gasteiger partial charge on any atom is 0.191 e. The zero-order valence-corrected chi connectivity index (χ0v) is 18.6. The van der Waals surface area contributed by atoms with Crippen molar-refractivity contribution in [1.29, 1.82) is 0 Å². The summed E-state index contributed by atoms with van der Waals surface area (Å²) in [6, 6.07) is 0.406. The Labute approximate surface area is 162 Å². The standard InChI is InChI=1S/C17H35N3OS.HI/c1-6-22(21)15-10-7-9-14(13-15)20-16(18-5)19-12-8-11-17(2,3)4;/h14-15H,6-13H2,1-5H3,(H2,18,19,20);1H. The van der Waals surface area contributed by atoms with Crippen molar-refractivity contribution in [1.82, 2.24) is 10.6 Å². The molecule has 4 nitrogen and oxygen atoms in total. The molecule has 0 spiro atoms. The van der Waals surface area contributed by atoms with Gasteiger partial charge >= 0.3 is 0 Å². The van der Waals surface area contributed by atoms with Crippen LogP contribution in [0.15, 0.2) is 4.99 Å². The van der Waals surface area contributed by atoms with Gasteiger partial charge in [0.2, 0.25) is 0 Å². The molecule has 0 heterocycles. The Balaban J connectivity index is 0.00000484. The summed E-state index contributed by atoms with van der Waals surface area (Å²) in [7, 11) is 1.16. The predicted octanol–water partition coefficient (Wildman–Crippen LogP) is 3.68. The molecule has 0 radical (unpaired) electrons. The lowest BCUT2D eigenvalue weighted by molar-refractivity contribution is 0.364. The van der Waals surface area contributed by atoms with Gasteiger partial charge in [-0.1, -0.05) is 34.1 Å². The minimum atomic E-state index is -0.668. The van der Waals surface area contributed by atoms with Gasteiger partial charge in [0.15, 0.2) is 5.96 Å². The molecule has 0 saturated heterocycles. The highest BCUT2D eigenvalue weighted by molar-refractivity contribution is 14.0. The topological polar surface area (TPSA) is 53.5 Å². The third-order valence-electron chi connectivity index (χ3n) is 4.24. The molecule has 1 aliphatic carbocycles. The van der Waals surface area contributed by atoms with Gasteiger partial charge < -0.3 is 10.6 Å². The molecule has 0 aromatic rings. The molecule has 1 aliphatic rings. The number of hydrogen-bond acceptors (Lipinski definition) is 2. The van der Waals surface area contributed by atoms with E-state index in [9.17, 15) is 4.21 Å². The number of rotatable bonds is 6. The Morgan fingerprint density at radius 2 is 2.00 bits per heavy atom. The van der Waals surface area contributed by atoms with E-state index >= 15 is 0 Å². The van der Waals surface area contributed by atoms with Crippen LogP contribution in [0.5, 0.6) is 0 Å². The second-order valence-corrected chi connectivity index (χ2v) is 9.47. The van der Waals surface area contributed by atoms with Gasteiger partial charge in [0.05, 0.1) is 0 Å². The average molecular weight is 457 g/mol. The normalized spacial score (nSPS) is 23.8. The Morgan fingerprint density at radius 3 is 2.57 bits per heavy atom. The van der Waals surface area contributed by atoms with Crippen molar-refractivity contribution in [2.45, 2.75) is 77.5 Å². The third kappa shape index (κ3) is 9.89. The van der Waals surface area contributed by atoms with E-state index in [4.69, 9.17) is 0 Å². The second-order valence-electron chi connectivity index (χ2n) is 7.46. The Kier molecular flexibility index (Phi) is 11.7. The molecular weight excluding hydrogens is 421 g/mol. The summed E-state index contributed by atoms with van der Waals surface area (Å²) < 4.78 is 12.0. The largest absolute Gasteiger partial charge is 0.356 e. The van der Waals surface area contributed by atoms with Crippen molar-refractivity contribution in [3.8, 4) is 0 Å². The molecule has 3 unspecified atom stereocenters. The molecule has 6 heteroatoms. The van der Waals surface area contributed by atoms with E-state index in [-0.39, 0.29) is 24.0 Å². The average Bonchev–Trinajstić information content (AvgIpc) is 2.48. The van der Waals surface area contributed by atoms with E-state index in [1.54, 1.807) is 0 Å². The van der Waals surface area contributed by atoms with Crippen LogP contribution in [0.4, 0.5) is 0 Å². The van der Waals surface area contributed by atoms with E-state index in [1.165, 1.54) is 6.42 Å². The number of nitrogens with zero attached hydrogens (tertiary/aromatic N) is 1. The van der Waals surface area contributed by atoms with Gasteiger partial charge in [-0.2, -0.15) is 0 Å². The van der Waals surface area contributed by atoms with Crippen molar-refractivity contribution in [2.75, 3.05) is 19.3 Å². The van der Waals surface area contributed by atoms with Gasteiger partial charge in [-0.05, 0) is 37.5 Å². The number of guanidine groups is 1. The highest BCUT2D eigenvalue weighted by Crippen LogP contribution is 2.23. The number of halogens is 1. The maximum atomic E-state index is 12.0. The molecule has 1 fully saturated rings. The number of aliphatic imine (C=N–C) groups is 1. The van der Waals surface area contributed by atoms with Gasteiger partial charge in [0, 0.05) is 41.4 Å². The molecule has 1 rings (SSSR count). The minimum Gasteiger partial charge on any atom is -0.356 e. The maximum absolute atomic E-state index is 12.0. The SMILES string of the molecule is CCS(=O)C1CCCC(NC(=NC)NCCCC(C)(C)C)C1.I. The van der Waals surface area contributed by atoms with E-state index < -0.39 is 10.8 Å². The zero-order chi connectivity index (χ0) is 16.6. The molecule has 3 atom stereocenters. The summed E-state index contributed by atoms with van der Waals surface area (Å²) in [6.07, 6.45) is 6.78. The van der Waals surface area contributed by atoms with Crippen LogP contribution < -0.4 is 10.6 Å². The van der Waals surface area contributed by atoms with Gasteiger partial charge in [-0.15, -0.1) is 24.0 Å². The summed E-state index contributed by atoms with van der Waals surface area (Å²) in [4.78, 5) is 4.32. The van der Waals surface area contributed by atoms with E-state index in [1.807, 2.05) is 14.0 Å². The van der Waals surface area contributed by atoms with E-state index in [0.29, 0.717) is 16.7 Å². The summed E-state index contributed by atoms with van der Waals surface area (Å²) in [5.41, 5.74) is 0.388. The van der Waals surface area contributed by atoms with Crippen molar-refractivity contribution in [3.63, 3.8) is 0 Å². The Hall–Kier alpha value is 0.150. The minimum absolute atomic E-state index is 0. The quantitative estimate of drug-likeness (QED) is 0.277. The fourth-order valence-corrected chi connectivity index (χ4v) is 4.31. The lowest BCUT2D eigenvalue weighted by Crippen LogP contribution is -2.46. The first-order chi connectivity index (χ1) is 10.4. The van der Waals surface area contributed by atoms with Gasteiger partial charge in [0.25, 0.3) is 0 Å². The molecular formula is C17H36IN3OS. The van der Waals surface area contributed by atoms with Crippen molar-refractivity contribution in [2.24, 2.45) is 10.4 Å². The molecule has 2 N–H and O–H groups in total. The van der Waals surface area contributed by atoms with Crippen LogP contribution in [0.1, 0.15) is 66.2 Å². The molecule has 138 valence electrons. The zero-order valence-electron chi connectivity index (χ0n) is 15.5. The lowest BCUT2D eigenvalue weighted by Gasteiger charge is -2.30. The van der Waals surface area contributed by atoms with Crippen molar-refractivity contribution >= 4 is 40.7 Å². The highest BCUT2D eigenvalue weighted by Gasteiger charge is 2.25. The van der Waals surface area contributed by atoms with Crippen LogP contribution in [0, 0.1) is 5.41 Å². The fraction of sp³-hybridized carbons (Fsp3) is 0.941. The van der Waals surface area contributed by atoms with Crippen LogP contribution in [0.25, 0.3) is 0 Å². The van der Waals surface area contributed by atoms with Crippen molar-refractivity contribution < 1.29 is 4.21 Å². The summed E-state index contributed by atoms with van der Waals surface area (Å²) in [5.74, 6) is 1.67. The summed E-state index contributed by atoms with van der Waals surface area (Å²) in [6.45, 7) is 9.79. The van der Waals surface area contributed by atoms with E-state index in [2.05, 4.69) is 36.4 Å². The van der Waals surface area contributed by atoms with Gasteiger partial charge in [-0.25, -0.2) is 0 Å². The van der Waals surface area contributed by atoms with Gasteiger partial charge in [0.1, 0.15) is 0 Å². The second kappa shape index (κ2) is 11.7. The first-order valence-electron chi connectivity index (χ1n) is 8.70. The van der Waals surface area contributed by atoms with Gasteiger partial charge in [-0.3, -0.25) is 9.20 Å². The first-order valence-corrected chi connectivity index (χ1v) is 10.1. The molecule has 23 heavy (non-hydrogen) atoms. The molecule has 0 aromatic heterocycles. The number of nitrogens with one attached hydrogen (secondary N) is 2. The van der Waals surface area contributed by atoms with E-state index in [0.717, 1.165) is 50.4 Å². The van der Waals surface area contributed by atoms with Crippen LogP contribution >= 0.6 is 24.0 Å². The first kappa shape index (κ1) is 23.1. The molecule has 0 bridgehead atoms. The Morgan fingerprint density at radius 1 is 1.30 bits per heavy atom. The van der Waals surface area contributed by atoms with Crippen molar-refractivity contribution in [3.05, 3.63) is 0 Å². The van der Waals surface area contributed by atoms with Crippen LogP contribution in [-0.2, 0) is 10.8 Å². The monoisotopic (exact) mass is 457 g/mol. The van der Waals surface area contributed by atoms with Crippen LogP contribution in [-0.4, -0.2) is 40.8 Å². The fourth-order valence-electron chi connectivity index (χ4n) is 2.96. The van der Waals surface area contributed by atoms with Crippen LogP contribution in [0.3, 0.4) is 0 Å². The molecule has 0 aromatic carbocycles. The predicted molar refractivity (Wildman–Crippen MR) is 113 cm³/mol. The lowest BCUT2D eigenvalue weighted by atomic mass is 9.91. The Bertz CT molecular complexity index is 383. The smallest absolute Gasteiger partial charge is 0.191 e. The highest BCUT2D eigenvalue weighted by atomic mass is 127. The summed E-state index contributed by atoms with van der Waals surface area (Å²) in [5, 5.41) is 7.28. The third-order valence-corrected chi connectivity index (χ3v) is 5.98. The molecule has 0 aliphatic heterocycles.